The Labute approximate surface area is 197 Å². The van der Waals surface area contributed by atoms with Crippen molar-refractivity contribution in [1.82, 2.24) is 19.7 Å². The quantitative estimate of drug-likeness (QED) is 0.465. The van der Waals surface area contributed by atoms with Gasteiger partial charge in [-0.1, -0.05) is 42.5 Å². The SMILES string of the molecule is O=C1CCCC2=C1C(c1ccc(OCc3ccccc3)cc1)n1nc(-c3cccnc3)nc1N2. The lowest BCUT2D eigenvalue weighted by atomic mass is 9.85. The van der Waals surface area contributed by atoms with Crippen LogP contribution in [0.3, 0.4) is 0 Å². The molecule has 2 aliphatic rings. The number of ketones is 1. The van der Waals surface area contributed by atoms with Crippen LogP contribution >= 0.6 is 0 Å². The van der Waals surface area contributed by atoms with Gasteiger partial charge in [-0.25, -0.2) is 4.68 Å². The summed E-state index contributed by atoms with van der Waals surface area (Å²) >= 11 is 0. The van der Waals surface area contributed by atoms with Gasteiger partial charge in [0.1, 0.15) is 18.4 Å². The average molecular weight is 450 g/mol. The number of benzene rings is 2. The molecule has 7 nitrogen and oxygen atoms in total. The summed E-state index contributed by atoms with van der Waals surface area (Å²) in [6.07, 6.45) is 5.68. The molecule has 168 valence electrons. The van der Waals surface area contributed by atoms with Crippen LogP contribution in [-0.2, 0) is 11.4 Å². The minimum absolute atomic E-state index is 0.159. The van der Waals surface area contributed by atoms with Crippen molar-refractivity contribution < 1.29 is 9.53 Å². The molecule has 0 bridgehead atoms. The van der Waals surface area contributed by atoms with Crippen LogP contribution in [0.1, 0.15) is 36.4 Å². The van der Waals surface area contributed by atoms with Crippen molar-refractivity contribution >= 4 is 11.7 Å². The Morgan fingerprint density at radius 3 is 2.65 bits per heavy atom. The van der Waals surface area contributed by atoms with E-state index in [1.165, 1.54) is 0 Å². The highest BCUT2D eigenvalue weighted by molar-refractivity contribution is 5.99. The third-order valence-corrected chi connectivity index (χ3v) is 6.23. The van der Waals surface area contributed by atoms with E-state index in [4.69, 9.17) is 14.8 Å². The van der Waals surface area contributed by atoms with E-state index in [1.54, 1.807) is 12.4 Å². The number of allylic oxidation sites excluding steroid dienone is 2. The number of carbonyl (C=O) groups is 1. The Morgan fingerprint density at radius 2 is 1.85 bits per heavy atom. The molecule has 1 atom stereocenters. The highest BCUT2D eigenvalue weighted by Crippen LogP contribution is 2.40. The normalized spacial score (nSPS) is 17.1. The van der Waals surface area contributed by atoms with Gasteiger partial charge in [-0.2, -0.15) is 4.98 Å². The number of fused-ring (bicyclic) bond motifs is 1. The first-order valence-corrected chi connectivity index (χ1v) is 11.4. The maximum atomic E-state index is 13.0. The van der Waals surface area contributed by atoms with Gasteiger partial charge in [0.15, 0.2) is 11.6 Å². The van der Waals surface area contributed by atoms with Crippen molar-refractivity contribution in [2.45, 2.75) is 31.9 Å². The molecule has 2 aromatic carbocycles. The molecule has 1 aliphatic carbocycles. The van der Waals surface area contributed by atoms with Crippen molar-refractivity contribution in [3.8, 4) is 17.1 Å². The van der Waals surface area contributed by atoms with Crippen molar-refractivity contribution in [2.75, 3.05) is 5.32 Å². The van der Waals surface area contributed by atoms with E-state index in [1.807, 2.05) is 71.4 Å². The van der Waals surface area contributed by atoms with Gasteiger partial charge in [0.2, 0.25) is 5.95 Å². The minimum Gasteiger partial charge on any atom is -0.489 e. The summed E-state index contributed by atoms with van der Waals surface area (Å²) in [5.41, 5.74) is 4.64. The molecule has 1 unspecified atom stereocenters. The van der Waals surface area contributed by atoms with E-state index in [0.29, 0.717) is 24.8 Å². The van der Waals surface area contributed by atoms with E-state index in [-0.39, 0.29) is 11.8 Å². The first-order chi connectivity index (χ1) is 16.8. The third-order valence-electron chi connectivity index (χ3n) is 6.23. The molecule has 34 heavy (non-hydrogen) atoms. The standard InChI is InChI=1S/C27H23N5O2/c33-23-10-4-9-22-24(23)25(32-27(29-22)30-26(31-32)20-8-5-15-28-16-20)19-11-13-21(14-12-19)34-17-18-6-2-1-3-7-18/h1-3,5-8,11-16,25H,4,9-10,17H2,(H,29,30,31). The van der Waals surface area contributed by atoms with Crippen LogP contribution in [0.5, 0.6) is 5.75 Å². The smallest absolute Gasteiger partial charge is 0.226 e. The first-order valence-electron chi connectivity index (χ1n) is 11.4. The zero-order valence-corrected chi connectivity index (χ0v) is 18.5. The molecular weight excluding hydrogens is 426 g/mol. The van der Waals surface area contributed by atoms with Gasteiger partial charge in [-0.3, -0.25) is 9.78 Å². The van der Waals surface area contributed by atoms with E-state index in [2.05, 4.69) is 10.3 Å². The summed E-state index contributed by atoms with van der Waals surface area (Å²) in [7, 11) is 0. The molecule has 6 rings (SSSR count). The van der Waals surface area contributed by atoms with Crippen LogP contribution in [0.15, 0.2) is 90.4 Å². The Bertz CT molecular complexity index is 1360. The van der Waals surface area contributed by atoms with Crippen molar-refractivity contribution in [2.24, 2.45) is 0 Å². The van der Waals surface area contributed by atoms with Gasteiger partial charge in [0.25, 0.3) is 0 Å². The number of aromatic nitrogens is 4. The fourth-order valence-electron chi connectivity index (χ4n) is 4.57. The molecule has 4 aromatic rings. The molecular formula is C27H23N5O2. The number of pyridine rings is 1. The molecule has 7 heteroatoms. The van der Waals surface area contributed by atoms with Gasteiger partial charge in [-0.15, -0.1) is 5.10 Å². The monoisotopic (exact) mass is 449 g/mol. The lowest BCUT2D eigenvalue weighted by molar-refractivity contribution is -0.116. The second-order valence-corrected chi connectivity index (χ2v) is 8.49. The number of nitrogens with zero attached hydrogens (tertiary/aromatic N) is 4. The molecule has 0 radical (unpaired) electrons. The second kappa shape index (κ2) is 8.59. The summed E-state index contributed by atoms with van der Waals surface area (Å²) < 4.78 is 7.78. The minimum atomic E-state index is -0.333. The number of anilines is 1. The molecule has 0 saturated carbocycles. The molecule has 0 amide bonds. The summed E-state index contributed by atoms with van der Waals surface area (Å²) in [4.78, 5) is 21.9. The lowest BCUT2D eigenvalue weighted by Crippen LogP contribution is -2.31. The van der Waals surface area contributed by atoms with Crippen LogP contribution in [0.2, 0.25) is 0 Å². The van der Waals surface area contributed by atoms with Gasteiger partial charge in [0.05, 0.1) is 0 Å². The van der Waals surface area contributed by atoms with Crippen LogP contribution < -0.4 is 10.1 Å². The largest absolute Gasteiger partial charge is 0.489 e. The van der Waals surface area contributed by atoms with E-state index in [0.717, 1.165) is 46.6 Å². The predicted molar refractivity (Wildman–Crippen MR) is 128 cm³/mol. The number of Topliss-reactive ketones (excluding diaryl/α,β-unsaturated/α-hetero) is 1. The highest BCUT2D eigenvalue weighted by Gasteiger charge is 2.36. The van der Waals surface area contributed by atoms with Gasteiger partial charge >= 0.3 is 0 Å². The van der Waals surface area contributed by atoms with Crippen LogP contribution in [0.25, 0.3) is 11.4 Å². The van der Waals surface area contributed by atoms with Crippen LogP contribution in [-0.4, -0.2) is 25.5 Å². The molecule has 0 fully saturated rings. The van der Waals surface area contributed by atoms with E-state index < -0.39 is 0 Å². The molecule has 1 aliphatic heterocycles. The zero-order valence-electron chi connectivity index (χ0n) is 18.5. The predicted octanol–water partition coefficient (Wildman–Crippen LogP) is 4.94. The number of nitrogens with one attached hydrogen (secondary N) is 1. The number of hydrogen-bond acceptors (Lipinski definition) is 6. The second-order valence-electron chi connectivity index (χ2n) is 8.49. The van der Waals surface area contributed by atoms with E-state index >= 15 is 0 Å². The zero-order chi connectivity index (χ0) is 22.9. The third kappa shape index (κ3) is 3.75. The summed E-state index contributed by atoms with van der Waals surface area (Å²) in [6, 6.07) is 21.5. The van der Waals surface area contributed by atoms with Crippen molar-refractivity contribution in [3.05, 3.63) is 102 Å². The highest BCUT2D eigenvalue weighted by atomic mass is 16.5. The lowest BCUT2D eigenvalue weighted by Gasteiger charge is -2.32. The molecule has 3 heterocycles. The van der Waals surface area contributed by atoms with E-state index in [9.17, 15) is 4.79 Å². The van der Waals surface area contributed by atoms with Gasteiger partial charge in [-0.05, 0) is 48.2 Å². The molecule has 1 N–H and O–H groups in total. The summed E-state index contributed by atoms with van der Waals surface area (Å²) in [6.45, 7) is 0.503. The van der Waals surface area contributed by atoms with Gasteiger partial charge in [0, 0.05) is 35.6 Å². The fraction of sp³-hybridized carbons (Fsp3) is 0.185. The number of ether oxygens (including phenoxy) is 1. The molecule has 2 aromatic heterocycles. The van der Waals surface area contributed by atoms with Gasteiger partial charge < -0.3 is 10.1 Å². The topological polar surface area (TPSA) is 81.9 Å². The maximum absolute atomic E-state index is 13.0. The average Bonchev–Trinajstić information content (AvgIpc) is 3.32. The molecule has 0 saturated heterocycles. The van der Waals surface area contributed by atoms with Crippen molar-refractivity contribution in [1.29, 1.82) is 0 Å². The summed E-state index contributed by atoms with van der Waals surface area (Å²) in [5, 5.41) is 8.16. The van der Waals surface area contributed by atoms with Crippen LogP contribution in [0.4, 0.5) is 5.95 Å². The Balaban J connectivity index is 1.35. The van der Waals surface area contributed by atoms with Crippen LogP contribution in [0, 0.1) is 0 Å². The Kier molecular flexibility index (Phi) is 5.14. The summed E-state index contributed by atoms with van der Waals surface area (Å²) in [5.74, 6) is 2.16. The fourth-order valence-corrected chi connectivity index (χ4v) is 4.57. The Morgan fingerprint density at radius 1 is 1.00 bits per heavy atom. The Hall–Kier alpha value is -4.26. The molecule has 0 spiro atoms. The number of rotatable bonds is 5. The first kappa shape index (κ1) is 20.4. The number of carbonyl (C=O) groups excluding carboxylic acids is 1. The van der Waals surface area contributed by atoms with Crippen molar-refractivity contribution in [3.63, 3.8) is 0 Å². The number of hydrogen-bond donors (Lipinski definition) is 1. The maximum Gasteiger partial charge on any atom is 0.226 e.